The van der Waals surface area contributed by atoms with Crippen LogP contribution in [0.25, 0.3) is 0 Å². The molecule has 0 heterocycles. The molecule has 0 radical (unpaired) electrons. The van der Waals surface area contributed by atoms with Crippen LogP contribution in [-0.4, -0.2) is 29.2 Å². The SMILES string of the molecule is CC(=O)NN(C)C(=O)O. The Hall–Kier alpha value is -1.26. The Morgan fingerprint density at radius 2 is 2.00 bits per heavy atom. The van der Waals surface area contributed by atoms with Crippen molar-refractivity contribution in [2.75, 3.05) is 7.05 Å². The Bertz CT molecular complexity index is 134. The highest BCUT2D eigenvalue weighted by Crippen LogP contribution is 1.74. The molecular weight excluding hydrogens is 124 g/mol. The molecule has 2 amide bonds. The minimum absolute atomic E-state index is 0.403. The third-order valence-electron chi connectivity index (χ3n) is 0.612. The van der Waals surface area contributed by atoms with Crippen LogP contribution in [0.4, 0.5) is 4.79 Å². The summed E-state index contributed by atoms with van der Waals surface area (Å²) in [5, 5.41) is 8.82. The fourth-order valence-corrected chi connectivity index (χ4v) is 0.284. The zero-order valence-electron chi connectivity index (χ0n) is 5.21. The van der Waals surface area contributed by atoms with E-state index in [0.29, 0.717) is 5.01 Å². The summed E-state index contributed by atoms with van der Waals surface area (Å²) < 4.78 is 0. The smallest absolute Gasteiger partial charge is 0.425 e. The third-order valence-corrected chi connectivity index (χ3v) is 0.612. The van der Waals surface area contributed by atoms with E-state index < -0.39 is 12.0 Å². The average molecular weight is 132 g/mol. The summed E-state index contributed by atoms with van der Waals surface area (Å²) in [4.78, 5) is 20.1. The monoisotopic (exact) mass is 132 g/mol. The van der Waals surface area contributed by atoms with Gasteiger partial charge in [0.2, 0.25) is 5.91 Å². The second-order valence-electron chi connectivity index (χ2n) is 1.51. The average Bonchev–Trinajstić information content (AvgIpc) is 1.63. The van der Waals surface area contributed by atoms with Crippen molar-refractivity contribution in [3.8, 4) is 0 Å². The van der Waals surface area contributed by atoms with E-state index in [-0.39, 0.29) is 0 Å². The molecule has 0 aliphatic rings. The van der Waals surface area contributed by atoms with Crippen molar-refractivity contribution in [1.29, 1.82) is 0 Å². The van der Waals surface area contributed by atoms with Gasteiger partial charge in [-0.3, -0.25) is 10.2 Å². The van der Waals surface area contributed by atoms with E-state index in [1.54, 1.807) is 0 Å². The first kappa shape index (κ1) is 7.74. The van der Waals surface area contributed by atoms with Crippen LogP contribution >= 0.6 is 0 Å². The van der Waals surface area contributed by atoms with Crippen molar-refractivity contribution in [3.63, 3.8) is 0 Å². The molecule has 0 atom stereocenters. The molecule has 5 heteroatoms. The molecule has 0 saturated carbocycles. The lowest BCUT2D eigenvalue weighted by atomic mass is 10.7. The van der Waals surface area contributed by atoms with Gasteiger partial charge in [0.15, 0.2) is 0 Å². The fraction of sp³-hybridized carbons (Fsp3) is 0.500. The van der Waals surface area contributed by atoms with Crippen LogP contribution < -0.4 is 5.43 Å². The molecule has 0 fully saturated rings. The summed E-state index contributed by atoms with van der Waals surface area (Å²) in [5.74, 6) is -0.403. The number of carbonyl (C=O) groups is 2. The van der Waals surface area contributed by atoms with Gasteiger partial charge in [0.05, 0.1) is 0 Å². The zero-order chi connectivity index (χ0) is 7.44. The standard InChI is InChI=1S/C4H8N2O3/c1-3(7)5-6(2)4(8)9/h1-2H3,(H,5,7)(H,8,9). The number of carboxylic acid groups (broad SMARTS) is 1. The van der Waals surface area contributed by atoms with Crippen LogP contribution in [0.15, 0.2) is 0 Å². The van der Waals surface area contributed by atoms with Crippen molar-refractivity contribution >= 4 is 12.0 Å². The summed E-state index contributed by atoms with van der Waals surface area (Å²) in [6, 6.07) is 0. The second-order valence-corrected chi connectivity index (χ2v) is 1.51. The first-order valence-corrected chi connectivity index (χ1v) is 2.28. The molecule has 0 saturated heterocycles. The largest absolute Gasteiger partial charge is 0.464 e. The Balaban J connectivity index is 3.63. The molecule has 9 heavy (non-hydrogen) atoms. The van der Waals surface area contributed by atoms with Crippen LogP contribution in [0.2, 0.25) is 0 Å². The van der Waals surface area contributed by atoms with Gasteiger partial charge in [-0.25, -0.2) is 9.80 Å². The van der Waals surface area contributed by atoms with Gasteiger partial charge in [-0.2, -0.15) is 0 Å². The molecule has 0 aliphatic heterocycles. The lowest BCUT2D eigenvalue weighted by molar-refractivity contribution is -0.122. The van der Waals surface area contributed by atoms with Crippen molar-refractivity contribution < 1.29 is 14.7 Å². The zero-order valence-corrected chi connectivity index (χ0v) is 5.21. The number of hydrazine groups is 1. The van der Waals surface area contributed by atoms with Gasteiger partial charge in [0.1, 0.15) is 0 Å². The van der Waals surface area contributed by atoms with Crippen molar-refractivity contribution in [3.05, 3.63) is 0 Å². The Labute approximate surface area is 52.2 Å². The van der Waals surface area contributed by atoms with Crippen molar-refractivity contribution in [1.82, 2.24) is 10.4 Å². The first-order valence-electron chi connectivity index (χ1n) is 2.28. The molecule has 2 N–H and O–H groups in total. The Kier molecular flexibility index (Phi) is 2.50. The predicted molar refractivity (Wildman–Crippen MR) is 29.6 cm³/mol. The van der Waals surface area contributed by atoms with E-state index in [1.165, 1.54) is 14.0 Å². The maximum absolute atomic E-state index is 10.1. The highest BCUT2D eigenvalue weighted by molar-refractivity contribution is 5.76. The number of rotatable bonds is 0. The van der Waals surface area contributed by atoms with Crippen LogP contribution in [0.1, 0.15) is 6.92 Å². The summed E-state index contributed by atoms with van der Waals surface area (Å²) in [6.07, 6.45) is -1.19. The minimum atomic E-state index is -1.19. The van der Waals surface area contributed by atoms with E-state index in [4.69, 9.17) is 5.11 Å². The molecule has 0 aromatic carbocycles. The third kappa shape index (κ3) is 3.33. The summed E-state index contributed by atoms with van der Waals surface area (Å²) in [5.41, 5.74) is 2.04. The topological polar surface area (TPSA) is 69.6 Å². The van der Waals surface area contributed by atoms with Crippen LogP contribution in [0, 0.1) is 0 Å². The van der Waals surface area contributed by atoms with E-state index in [2.05, 4.69) is 0 Å². The molecule has 0 aromatic rings. The highest BCUT2D eigenvalue weighted by atomic mass is 16.4. The summed E-state index contributed by atoms with van der Waals surface area (Å²) >= 11 is 0. The van der Waals surface area contributed by atoms with Crippen molar-refractivity contribution in [2.24, 2.45) is 0 Å². The first-order chi connectivity index (χ1) is 4.04. The molecule has 0 unspecified atom stereocenters. The summed E-state index contributed by atoms with van der Waals surface area (Å²) in [7, 11) is 1.24. The minimum Gasteiger partial charge on any atom is -0.464 e. The van der Waals surface area contributed by atoms with Gasteiger partial charge in [0.25, 0.3) is 0 Å². The molecule has 5 nitrogen and oxygen atoms in total. The van der Waals surface area contributed by atoms with Gasteiger partial charge < -0.3 is 5.11 Å². The molecule has 0 spiro atoms. The number of nitrogens with one attached hydrogen (secondary N) is 1. The van der Waals surface area contributed by atoms with E-state index >= 15 is 0 Å². The van der Waals surface area contributed by atoms with Crippen LogP contribution in [0.5, 0.6) is 0 Å². The summed E-state index contributed by atoms with van der Waals surface area (Å²) in [6.45, 7) is 1.24. The lowest BCUT2D eigenvalue weighted by Gasteiger charge is -2.11. The quantitative estimate of drug-likeness (QED) is 0.442. The van der Waals surface area contributed by atoms with Gasteiger partial charge in [-0.1, -0.05) is 0 Å². The number of hydrogen-bond acceptors (Lipinski definition) is 2. The molecule has 0 aromatic heterocycles. The Morgan fingerprint density at radius 3 is 2.11 bits per heavy atom. The van der Waals surface area contributed by atoms with Gasteiger partial charge >= 0.3 is 6.09 Å². The van der Waals surface area contributed by atoms with Gasteiger partial charge in [0, 0.05) is 14.0 Å². The normalized spacial score (nSPS) is 8.22. The van der Waals surface area contributed by atoms with Crippen LogP contribution in [-0.2, 0) is 4.79 Å². The molecule has 0 aliphatic carbocycles. The number of carbonyl (C=O) groups excluding carboxylic acids is 1. The van der Waals surface area contributed by atoms with E-state index in [0.717, 1.165) is 0 Å². The molecule has 0 rings (SSSR count). The maximum atomic E-state index is 10.1. The van der Waals surface area contributed by atoms with Gasteiger partial charge in [-0.05, 0) is 0 Å². The van der Waals surface area contributed by atoms with Gasteiger partial charge in [-0.15, -0.1) is 0 Å². The molecule has 52 valence electrons. The van der Waals surface area contributed by atoms with Crippen LogP contribution in [0.3, 0.4) is 0 Å². The number of hydrogen-bond donors (Lipinski definition) is 2. The predicted octanol–water partition coefficient (Wildman–Crippen LogP) is -0.353. The number of amides is 2. The van der Waals surface area contributed by atoms with E-state index in [9.17, 15) is 9.59 Å². The second kappa shape index (κ2) is 2.91. The van der Waals surface area contributed by atoms with Crippen molar-refractivity contribution in [2.45, 2.75) is 6.92 Å². The lowest BCUT2D eigenvalue weighted by Crippen LogP contribution is -2.41. The Morgan fingerprint density at radius 1 is 1.56 bits per heavy atom. The molecular formula is C4H8N2O3. The number of nitrogens with zero attached hydrogens (tertiary/aromatic N) is 1. The fourth-order valence-electron chi connectivity index (χ4n) is 0.284. The highest BCUT2D eigenvalue weighted by Gasteiger charge is 2.03. The molecule has 0 bridgehead atoms. The maximum Gasteiger partial charge on any atom is 0.425 e. The van der Waals surface area contributed by atoms with E-state index in [1.807, 2.05) is 5.43 Å².